The van der Waals surface area contributed by atoms with Crippen LogP contribution in [0.4, 0.5) is 0 Å². The van der Waals surface area contributed by atoms with E-state index in [2.05, 4.69) is 47.6 Å². The second-order valence-corrected chi connectivity index (χ2v) is 9.89. The summed E-state index contributed by atoms with van der Waals surface area (Å²) in [5.41, 5.74) is 4.74. The van der Waals surface area contributed by atoms with E-state index in [9.17, 15) is 5.11 Å². The molecular weight excluding hydrogens is 320 g/mol. The quantitative estimate of drug-likeness (QED) is 0.561. The summed E-state index contributed by atoms with van der Waals surface area (Å²) in [6.07, 6.45) is 7.70. The molecule has 0 aromatic heterocycles. The zero-order chi connectivity index (χ0) is 19.7. The van der Waals surface area contributed by atoms with Crippen LogP contribution in [0.5, 0.6) is 11.5 Å². The van der Waals surface area contributed by atoms with Gasteiger partial charge >= 0.3 is 0 Å². The van der Waals surface area contributed by atoms with Crippen LogP contribution in [0.2, 0.25) is 0 Å². The zero-order valence-corrected chi connectivity index (χ0v) is 18.1. The number of ether oxygens (including phenoxy) is 1. The minimum Gasteiger partial charge on any atom is -0.508 e. The number of benzene rings is 1. The number of phenols is 1. The minimum atomic E-state index is -0.148. The molecule has 0 unspecified atom stereocenters. The van der Waals surface area contributed by atoms with Gasteiger partial charge in [0.05, 0.1) is 0 Å². The molecule has 0 aliphatic carbocycles. The topological polar surface area (TPSA) is 29.5 Å². The lowest BCUT2D eigenvalue weighted by atomic mass is 9.75. The zero-order valence-electron chi connectivity index (χ0n) is 18.1. The highest BCUT2D eigenvalue weighted by Crippen LogP contribution is 2.45. The van der Waals surface area contributed by atoms with E-state index < -0.39 is 0 Å². The molecule has 1 aromatic carbocycles. The molecule has 1 N–H and O–H groups in total. The Kier molecular flexibility index (Phi) is 6.15. The Morgan fingerprint density at radius 2 is 2.00 bits per heavy atom. The Bertz CT molecular complexity index is 682. The van der Waals surface area contributed by atoms with Crippen LogP contribution >= 0.6 is 0 Å². The number of aromatic hydroxyl groups is 1. The van der Waals surface area contributed by atoms with Gasteiger partial charge in [0.2, 0.25) is 0 Å². The van der Waals surface area contributed by atoms with Gasteiger partial charge in [-0.2, -0.15) is 0 Å². The van der Waals surface area contributed by atoms with Gasteiger partial charge in [0.1, 0.15) is 17.1 Å². The van der Waals surface area contributed by atoms with Crippen LogP contribution in [0.1, 0.15) is 83.9 Å². The molecule has 2 rings (SSSR count). The van der Waals surface area contributed by atoms with E-state index in [1.807, 2.05) is 19.9 Å². The molecule has 2 nitrogen and oxygen atoms in total. The summed E-state index contributed by atoms with van der Waals surface area (Å²) < 4.78 is 6.56. The molecule has 0 amide bonds. The number of allylic oxidation sites excluding steroid dienone is 2. The lowest BCUT2D eigenvalue weighted by molar-refractivity contribution is 0.0201. The first-order valence-electron chi connectivity index (χ1n) is 10.1. The summed E-state index contributed by atoms with van der Waals surface area (Å²) in [7, 11) is 0. The predicted molar refractivity (Wildman–Crippen MR) is 111 cm³/mol. The van der Waals surface area contributed by atoms with Crippen LogP contribution in [0.25, 0.3) is 0 Å². The molecule has 1 aliphatic heterocycles. The number of phenolic OH excluding ortho intramolecular Hbond substituents is 1. The van der Waals surface area contributed by atoms with E-state index in [1.54, 1.807) is 0 Å². The van der Waals surface area contributed by atoms with Gasteiger partial charge in [-0.05, 0) is 88.3 Å². The van der Waals surface area contributed by atoms with E-state index in [1.165, 1.54) is 17.6 Å². The smallest absolute Gasteiger partial charge is 0.126 e. The van der Waals surface area contributed by atoms with Crippen molar-refractivity contribution >= 4 is 0 Å². The SMILES string of the molecule is C/C(=C\CC(C)(C)C[C@]1(C)CCc2c(C)c(O)cc(C)c2O1)CC(C)C. The molecule has 1 heterocycles. The molecule has 1 aromatic rings. The summed E-state index contributed by atoms with van der Waals surface area (Å²) in [6, 6.07) is 1.84. The molecular formula is C24H38O2. The Balaban J connectivity index is 2.13. The van der Waals surface area contributed by atoms with Crippen molar-refractivity contribution in [1.82, 2.24) is 0 Å². The third kappa shape index (κ3) is 5.05. The van der Waals surface area contributed by atoms with Crippen LogP contribution in [0.15, 0.2) is 17.7 Å². The van der Waals surface area contributed by atoms with E-state index in [0.29, 0.717) is 11.7 Å². The molecule has 0 spiro atoms. The number of aryl methyl sites for hydroxylation is 1. The standard InChI is InChI=1S/C24H38O2/c1-16(2)13-17(3)9-11-23(6,7)15-24(8)12-10-20-19(5)21(25)14-18(4)22(20)26-24/h9,14,16,25H,10-13,15H2,1-8H3/b17-9+/t24-/m0/s1. The second kappa shape index (κ2) is 7.66. The fourth-order valence-electron chi connectivity index (χ4n) is 4.46. The first-order valence-corrected chi connectivity index (χ1v) is 10.1. The van der Waals surface area contributed by atoms with Crippen molar-refractivity contribution < 1.29 is 9.84 Å². The molecule has 2 heteroatoms. The normalized spacial score (nSPS) is 20.9. The predicted octanol–water partition coefficient (Wildman–Crippen LogP) is 6.89. The summed E-state index contributed by atoms with van der Waals surface area (Å²) in [6.45, 7) is 17.8. The molecule has 1 aliphatic rings. The van der Waals surface area contributed by atoms with Gasteiger partial charge in [-0.15, -0.1) is 0 Å². The summed E-state index contributed by atoms with van der Waals surface area (Å²) in [5.74, 6) is 2.10. The molecule has 0 bridgehead atoms. The van der Waals surface area contributed by atoms with Gasteiger partial charge < -0.3 is 9.84 Å². The third-order valence-electron chi connectivity index (χ3n) is 5.66. The van der Waals surface area contributed by atoms with Crippen molar-refractivity contribution in [2.75, 3.05) is 0 Å². The molecule has 26 heavy (non-hydrogen) atoms. The van der Waals surface area contributed by atoms with Gasteiger partial charge in [-0.1, -0.05) is 39.3 Å². The lowest BCUT2D eigenvalue weighted by Crippen LogP contribution is -2.41. The van der Waals surface area contributed by atoms with Crippen molar-refractivity contribution in [3.63, 3.8) is 0 Å². The number of fused-ring (bicyclic) bond motifs is 1. The summed E-state index contributed by atoms with van der Waals surface area (Å²) in [4.78, 5) is 0. The summed E-state index contributed by atoms with van der Waals surface area (Å²) >= 11 is 0. The fourth-order valence-corrected chi connectivity index (χ4v) is 4.46. The first kappa shape index (κ1) is 20.9. The van der Waals surface area contributed by atoms with Gasteiger partial charge in [0.15, 0.2) is 0 Å². The number of rotatable bonds is 6. The molecule has 0 saturated heterocycles. The Hall–Kier alpha value is -1.44. The average molecular weight is 359 g/mol. The average Bonchev–Trinajstić information content (AvgIpc) is 2.49. The fraction of sp³-hybridized carbons (Fsp3) is 0.667. The third-order valence-corrected chi connectivity index (χ3v) is 5.66. The highest BCUT2D eigenvalue weighted by atomic mass is 16.5. The van der Waals surface area contributed by atoms with E-state index in [4.69, 9.17) is 4.74 Å². The van der Waals surface area contributed by atoms with Crippen molar-refractivity contribution in [3.8, 4) is 11.5 Å². The van der Waals surface area contributed by atoms with Crippen LogP contribution in [0, 0.1) is 25.2 Å². The maximum absolute atomic E-state index is 10.1. The van der Waals surface area contributed by atoms with Crippen molar-refractivity contribution in [2.45, 2.75) is 93.1 Å². The highest BCUT2D eigenvalue weighted by molar-refractivity contribution is 5.53. The van der Waals surface area contributed by atoms with Crippen molar-refractivity contribution in [2.24, 2.45) is 11.3 Å². The van der Waals surface area contributed by atoms with Gasteiger partial charge in [-0.3, -0.25) is 0 Å². The number of hydrogen-bond donors (Lipinski definition) is 1. The van der Waals surface area contributed by atoms with Crippen LogP contribution in [0.3, 0.4) is 0 Å². The molecule has 1 atom stereocenters. The molecule has 0 radical (unpaired) electrons. The largest absolute Gasteiger partial charge is 0.508 e. The minimum absolute atomic E-state index is 0.148. The van der Waals surface area contributed by atoms with Crippen LogP contribution < -0.4 is 4.74 Å². The summed E-state index contributed by atoms with van der Waals surface area (Å²) in [5, 5.41) is 10.1. The Labute approximate surface area is 160 Å². The maximum atomic E-state index is 10.1. The number of hydrogen-bond acceptors (Lipinski definition) is 2. The lowest BCUT2D eigenvalue weighted by Gasteiger charge is -2.42. The Morgan fingerprint density at radius 3 is 2.62 bits per heavy atom. The van der Waals surface area contributed by atoms with Gasteiger partial charge in [0.25, 0.3) is 0 Å². The maximum Gasteiger partial charge on any atom is 0.126 e. The van der Waals surface area contributed by atoms with E-state index >= 15 is 0 Å². The van der Waals surface area contributed by atoms with Crippen molar-refractivity contribution in [3.05, 3.63) is 34.4 Å². The molecule has 0 saturated carbocycles. The van der Waals surface area contributed by atoms with Gasteiger partial charge in [-0.25, -0.2) is 0 Å². The van der Waals surface area contributed by atoms with Crippen LogP contribution in [-0.4, -0.2) is 10.7 Å². The van der Waals surface area contributed by atoms with Crippen molar-refractivity contribution in [1.29, 1.82) is 0 Å². The molecule has 146 valence electrons. The first-order chi connectivity index (χ1) is 11.9. The van der Waals surface area contributed by atoms with E-state index in [0.717, 1.165) is 42.6 Å². The van der Waals surface area contributed by atoms with E-state index in [-0.39, 0.29) is 11.0 Å². The molecule has 0 fully saturated rings. The van der Waals surface area contributed by atoms with Crippen LogP contribution in [-0.2, 0) is 6.42 Å². The monoisotopic (exact) mass is 358 g/mol. The second-order valence-electron chi connectivity index (χ2n) is 9.89. The highest BCUT2D eigenvalue weighted by Gasteiger charge is 2.38. The van der Waals surface area contributed by atoms with Gasteiger partial charge in [0, 0.05) is 5.56 Å². The Morgan fingerprint density at radius 1 is 1.35 bits per heavy atom.